The number of carbonyl (C=O) groups is 2. The molecule has 3 rings (SSSR count). The number of phenolic OH excluding ortho intramolecular Hbond substituents is 3. The minimum Gasteiger partial charge on any atom is -0.504 e. The maximum Gasteiger partial charge on any atom is 0.337 e. The van der Waals surface area contributed by atoms with Gasteiger partial charge in [0.1, 0.15) is 5.75 Å². The number of aryl methyl sites for hydroxylation is 1. The van der Waals surface area contributed by atoms with Gasteiger partial charge in [-0.15, -0.1) is 5.10 Å². The number of benzene rings is 2. The fraction of sp³-hybridized carbons (Fsp3) is 0.111. The van der Waals surface area contributed by atoms with E-state index in [0.717, 1.165) is 6.07 Å². The molecule has 0 aliphatic heterocycles. The number of aromatic nitrogens is 4. The van der Waals surface area contributed by atoms with Crippen molar-refractivity contribution in [2.75, 3.05) is 0 Å². The van der Waals surface area contributed by atoms with Gasteiger partial charge in [0.25, 0.3) is 0 Å². The third-order valence-corrected chi connectivity index (χ3v) is 4.97. The summed E-state index contributed by atoms with van der Waals surface area (Å²) < 4.78 is 6.33. The number of esters is 1. The molecule has 2 aromatic carbocycles. The summed E-state index contributed by atoms with van der Waals surface area (Å²) >= 11 is 0.627. The van der Waals surface area contributed by atoms with Crippen LogP contribution in [-0.4, -0.2) is 52.6 Å². The predicted octanol–water partition coefficient (Wildman–Crippen LogP) is 1.51. The van der Waals surface area contributed by atoms with Gasteiger partial charge in [0.2, 0.25) is 10.9 Å². The van der Waals surface area contributed by atoms with E-state index in [9.17, 15) is 30.0 Å². The van der Waals surface area contributed by atoms with E-state index >= 15 is 0 Å². The van der Waals surface area contributed by atoms with Crippen molar-refractivity contribution in [1.82, 2.24) is 20.2 Å². The molecule has 0 amide bonds. The standard InChI is InChI=1S/C18H13N5O7S/c19-8-9-1-3-10(4-2-9)30-13(25)5-6-23-18(20-21-22-23)31-16-11(17(28)29)7-12(24)14(26)15(16)27/h1-4,7,24,26-27H,5-6H2,(H,28,29). The zero-order valence-electron chi connectivity index (χ0n) is 15.5. The number of tetrazole rings is 1. The molecule has 4 N–H and O–H groups in total. The number of rotatable bonds is 7. The molecule has 0 saturated carbocycles. The van der Waals surface area contributed by atoms with Crippen molar-refractivity contribution in [3.05, 3.63) is 41.5 Å². The predicted molar refractivity (Wildman–Crippen MR) is 102 cm³/mol. The molecule has 0 aliphatic rings. The molecule has 0 bridgehead atoms. The summed E-state index contributed by atoms with van der Waals surface area (Å²) in [6, 6.07) is 8.67. The van der Waals surface area contributed by atoms with Gasteiger partial charge < -0.3 is 25.2 Å². The molecule has 13 heteroatoms. The summed E-state index contributed by atoms with van der Waals surface area (Å²) in [6.45, 7) is -0.0301. The molecular weight excluding hydrogens is 430 g/mol. The third-order valence-electron chi connectivity index (χ3n) is 3.87. The molecule has 158 valence electrons. The zero-order chi connectivity index (χ0) is 22.5. The third kappa shape index (κ3) is 4.82. The second kappa shape index (κ2) is 9.01. The van der Waals surface area contributed by atoms with Crippen molar-refractivity contribution in [2.24, 2.45) is 0 Å². The number of carbonyl (C=O) groups excluding carboxylic acids is 1. The van der Waals surface area contributed by atoms with Crippen molar-refractivity contribution in [3.63, 3.8) is 0 Å². The lowest BCUT2D eigenvalue weighted by Gasteiger charge is -2.11. The van der Waals surface area contributed by atoms with E-state index in [1.165, 1.54) is 28.9 Å². The molecule has 0 aliphatic carbocycles. The van der Waals surface area contributed by atoms with Gasteiger partial charge in [0.15, 0.2) is 11.5 Å². The van der Waals surface area contributed by atoms with Crippen LogP contribution in [0.5, 0.6) is 23.0 Å². The lowest BCUT2D eigenvalue weighted by atomic mass is 10.2. The van der Waals surface area contributed by atoms with Crippen molar-refractivity contribution >= 4 is 23.7 Å². The molecule has 0 unspecified atom stereocenters. The summed E-state index contributed by atoms with van der Waals surface area (Å²) in [7, 11) is 0. The normalized spacial score (nSPS) is 10.4. The summed E-state index contributed by atoms with van der Waals surface area (Å²) in [5.74, 6) is -4.35. The van der Waals surface area contributed by atoms with Gasteiger partial charge in [0, 0.05) is 0 Å². The summed E-state index contributed by atoms with van der Waals surface area (Å²) in [5, 5.41) is 58.3. The number of carboxylic acid groups (broad SMARTS) is 1. The molecule has 0 fully saturated rings. The summed E-state index contributed by atoms with van der Waals surface area (Å²) in [4.78, 5) is 23.2. The van der Waals surface area contributed by atoms with E-state index in [1.807, 2.05) is 6.07 Å². The van der Waals surface area contributed by atoms with Crippen LogP contribution < -0.4 is 4.74 Å². The maximum atomic E-state index is 12.1. The van der Waals surface area contributed by atoms with E-state index in [4.69, 9.17) is 10.00 Å². The molecule has 1 aromatic heterocycles. The highest BCUT2D eigenvalue weighted by Gasteiger charge is 2.24. The molecule has 31 heavy (non-hydrogen) atoms. The highest BCUT2D eigenvalue weighted by atomic mass is 32.2. The first kappa shape index (κ1) is 21.4. The van der Waals surface area contributed by atoms with Crippen LogP contribution in [0.4, 0.5) is 0 Å². The number of aromatic carboxylic acids is 1. The molecule has 0 spiro atoms. The van der Waals surface area contributed by atoms with E-state index < -0.39 is 34.8 Å². The van der Waals surface area contributed by atoms with Gasteiger partial charge in [-0.05, 0) is 52.5 Å². The Bertz CT molecular complexity index is 1190. The SMILES string of the molecule is N#Cc1ccc(OC(=O)CCn2nnnc2Sc2c(C(=O)O)cc(O)c(O)c2O)cc1. The van der Waals surface area contributed by atoms with Crippen molar-refractivity contribution in [2.45, 2.75) is 23.0 Å². The second-order valence-electron chi connectivity index (χ2n) is 5.92. The minimum atomic E-state index is -1.46. The first-order chi connectivity index (χ1) is 14.8. The van der Waals surface area contributed by atoms with E-state index in [2.05, 4.69) is 15.5 Å². The van der Waals surface area contributed by atoms with E-state index in [1.54, 1.807) is 0 Å². The van der Waals surface area contributed by atoms with Gasteiger partial charge in [-0.1, -0.05) is 0 Å². The summed E-state index contributed by atoms with van der Waals surface area (Å²) in [5.41, 5.74) is -0.0630. The molecule has 0 saturated heterocycles. The zero-order valence-corrected chi connectivity index (χ0v) is 16.3. The second-order valence-corrected chi connectivity index (χ2v) is 6.90. The first-order valence-corrected chi connectivity index (χ1v) is 9.27. The molecule has 1 heterocycles. The van der Waals surface area contributed by atoms with Crippen LogP contribution in [0.25, 0.3) is 0 Å². The number of nitriles is 1. The number of ether oxygens (including phenoxy) is 1. The average Bonchev–Trinajstić information content (AvgIpc) is 3.20. The van der Waals surface area contributed by atoms with Gasteiger partial charge in [-0.25, -0.2) is 9.48 Å². The average molecular weight is 443 g/mol. The molecule has 0 radical (unpaired) electrons. The van der Waals surface area contributed by atoms with E-state index in [0.29, 0.717) is 17.3 Å². The Labute approximate surface area is 177 Å². The smallest absolute Gasteiger partial charge is 0.337 e. The lowest BCUT2D eigenvalue weighted by Crippen LogP contribution is -2.13. The summed E-state index contributed by atoms with van der Waals surface area (Å²) in [6.07, 6.45) is -0.142. The number of phenols is 3. The number of aromatic hydroxyl groups is 3. The fourth-order valence-corrected chi connectivity index (χ4v) is 3.31. The van der Waals surface area contributed by atoms with Crippen LogP contribution in [-0.2, 0) is 11.3 Å². The minimum absolute atomic E-state index is 0.0223. The molecule has 3 aromatic rings. The number of carboxylic acids is 1. The van der Waals surface area contributed by atoms with Gasteiger partial charge in [-0.2, -0.15) is 5.26 Å². The van der Waals surface area contributed by atoms with Gasteiger partial charge in [-0.3, -0.25) is 4.79 Å². The van der Waals surface area contributed by atoms with Crippen LogP contribution in [0.3, 0.4) is 0 Å². The fourth-order valence-electron chi connectivity index (χ4n) is 2.37. The van der Waals surface area contributed by atoms with Crippen LogP contribution in [0.1, 0.15) is 22.3 Å². The Morgan fingerprint density at radius 3 is 2.52 bits per heavy atom. The molecular formula is C18H13N5O7S. The van der Waals surface area contributed by atoms with Crippen LogP contribution in [0.15, 0.2) is 40.4 Å². The van der Waals surface area contributed by atoms with Crippen molar-refractivity contribution < 1.29 is 34.8 Å². The Hall–Kier alpha value is -4.31. The first-order valence-electron chi connectivity index (χ1n) is 8.46. The van der Waals surface area contributed by atoms with Crippen LogP contribution >= 0.6 is 11.8 Å². The van der Waals surface area contributed by atoms with Crippen LogP contribution in [0.2, 0.25) is 0 Å². The quantitative estimate of drug-likeness (QED) is 0.234. The highest BCUT2D eigenvalue weighted by Crippen LogP contribution is 2.46. The maximum absolute atomic E-state index is 12.1. The van der Waals surface area contributed by atoms with Crippen molar-refractivity contribution in [1.29, 1.82) is 5.26 Å². The Kier molecular flexibility index (Phi) is 6.22. The van der Waals surface area contributed by atoms with Gasteiger partial charge in [0.05, 0.1) is 35.1 Å². The van der Waals surface area contributed by atoms with Crippen molar-refractivity contribution in [3.8, 4) is 29.1 Å². The van der Waals surface area contributed by atoms with Crippen LogP contribution in [0, 0.1) is 11.3 Å². The Morgan fingerprint density at radius 2 is 1.87 bits per heavy atom. The molecule has 12 nitrogen and oxygen atoms in total. The Balaban J connectivity index is 1.72. The lowest BCUT2D eigenvalue weighted by molar-refractivity contribution is -0.134. The number of nitrogens with zero attached hydrogens (tertiary/aromatic N) is 5. The topological polar surface area (TPSA) is 192 Å². The largest absolute Gasteiger partial charge is 0.504 e. The monoisotopic (exact) mass is 443 g/mol. The number of hydrogen-bond acceptors (Lipinski definition) is 11. The van der Waals surface area contributed by atoms with E-state index in [-0.39, 0.29) is 28.8 Å². The Morgan fingerprint density at radius 1 is 1.16 bits per heavy atom. The number of hydrogen-bond donors (Lipinski definition) is 4. The molecule has 0 atom stereocenters. The highest BCUT2D eigenvalue weighted by molar-refractivity contribution is 7.99. The van der Waals surface area contributed by atoms with Gasteiger partial charge >= 0.3 is 11.9 Å².